The van der Waals surface area contributed by atoms with Crippen LogP contribution < -0.4 is 14.8 Å². The van der Waals surface area contributed by atoms with Crippen molar-refractivity contribution >= 4 is 22.2 Å². The molecule has 1 fully saturated rings. The summed E-state index contributed by atoms with van der Waals surface area (Å²) in [7, 11) is 5.43. The molecular weight excluding hydrogens is 426 g/mol. The third-order valence-electron chi connectivity index (χ3n) is 5.78. The van der Waals surface area contributed by atoms with Crippen LogP contribution in [0, 0.1) is 6.92 Å². The van der Waals surface area contributed by atoms with Gasteiger partial charge in [0, 0.05) is 36.6 Å². The molecular formula is C24H29N3O4S. The summed E-state index contributed by atoms with van der Waals surface area (Å²) in [6.45, 7) is 5.89. The lowest BCUT2D eigenvalue weighted by Gasteiger charge is -2.38. The van der Waals surface area contributed by atoms with Crippen molar-refractivity contribution in [3.8, 4) is 11.5 Å². The molecule has 0 radical (unpaired) electrons. The molecule has 0 spiro atoms. The maximum absolute atomic E-state index is 12.7. The number of amides is 1. The number of hydrogen-bond donors (Lipinski definition) is 1. The summed E-state index contributed by atoms with van der Waals surface area (Å²) >= 11 is 1.58. The van der Waals surface area contributed by atoms with Gasteiger partial charge in [-0.2, -0.15) is 0 Å². The Hall–Kier alpha value is -2.81. The molecule has 1 saturated heterocycles. The highest BCUT2D eigenvalue weighted by Crippen LogP contribution is 2.41. The largest absolute Gasteiger partial charge is 0.493 e. The first kappa shape index (κ1) is 22.4. The lowest BCUT2D eigenvalue weighted by atomic mass is 9.97. The van der Waals surface area contributed by atoms with E-state index in [9.17, 15) is 4.79 Å². The van der Waals surface area contributed by atoms with Crippen LogP contribution in [0.25, 0.3) is 0 Å². The molecule has 3 heterocycles. The molecule has 1 amide bonds. The number of carbonyl (C=O) groups excluding carboxylic acids is 1. The van der Waals surface area contributed by atoms with Crippen molar-refractivity contribution in [1.29, 1.82) is 0 Å². The summed E-state index contributed by atoms with van der Waals surface area (Å²) in [6, 6.07) is 11.6. The zero-order chi connectivity index (χ0) is 22.7. The molecule has 4 rings (SSSR count). The Kier molecular flexibility index (Phi) is 6.83. The molecule has 1 aliphatic rings. The molecule has 2 aromatic heterocycles. The van der Waals surface area contributed by atoms with Crippen LogP contribution in [0.1, 0.15) is 32.6 Å². The summed E-state index contributed by atoms with van der Waals surface area (Å²) in [5.41, 5.74) is 2.17. The van der Waals surface area contributed by atoms with Crippen LogP contribution in [0.3, 0.4) is 0 Å². The second kappa shape index (κ2) is 9.77. The number of furan rings is 1. The van der Waals surface area contributed by atoms with E-state index in [2.05, 4.69) is 41.2 Å². The normalized spacial score (nSPS) is 16.0. The van der Waals surface area contributed by atoms with E-state index in [0.717, 1.165) is 47.2 Å². The zero-order valence-electron chi connectivity index (χ0n) is 18.9. The summed E-state index contributed by atoms with van der Waals surface area (Å²) in [4.78, 5) is 18.7. The summed E-state index contributed by atoms with van der Waals surface area (Å²) in [5.74, 6) is 1.44. The molecule has 1 atom stereocenters. The van der Waals surface area contributed by atoms with Gasteiger partial charge >= 0.3 is 0 Å². The van der Waals surface area contributed by atoms with E-state index < -0.39 is 0 Å². The second-order valence-electron chi connectivity index (χ2n) is 7.93. The van der Waals surface area contributed by atoms with Crippen LogP contribution in [-0.4, -0.2) is 63.2 Å². The van der Waals surface area contributed by atoms with Gasteiger partial charge < -0.3 is 24.1 Å². The minimum Gasteiger partial charge on any atom is -0.493 e. The molecule has 1 aromatic carbocycles. The molecule has 170 valence electrons. The number of nitrogens with zero attached hydrogens (tertiary/aromatic N) is 2. The van der Waals surface area contributed by atoms with E-state index in [-0.39, 0.29) is 11.9 Å². The van der Waals surface area contributed by atoms with Gasteiger partial charge in [-0.3, -0.25) is 9.69 Å². The summed E-state index contributed by atoms with van der Waals surface area (Å²) < 4.78 is 16.3. The lowest BCUT2D eigenvalue weighted by molar-refractivity contribution is 0.0996. The lowest BCUT2D eigenvalue weighted by Crippen LogP contribution is -2.46. The molecule has 3 aromatic rings. The smallest absolute Gasteiger partial charge is 0.291 e. The molecule has 1 unspecified atom stereocenters. The third-order valence-corrected chi connectivity index (χ3v) is 6.76. The van der Waals surface area contributed by atoms with Gasteiger partial charge in [0.15, 0.2) is 17.3 Å². The van der Waals surface area contributed by atoms with Gasteiger partial charge in [-0.25, -0.2) is 0 Å². The molecule has 7 nitrogen and oxygen atoms in total. The molecule has 0 bridgehead atoms. The highest BCUT2D eigenvalue weighted by atomic mass is 32.1. The SMILES string of the molecule is COc1ccc(C(c2cc(C)sc2NC(=O)c2ccco2)N2CCN(C)CC2)cc1OC. The number of likely N-dealkylation sites (N-methyl/N-ethyl adjacent to an activating group) is 1. The fraction of sp³-hybridized carbons (Fsp3) is 0.375. The van der Waals surface area contributed by atoms with Crippen molar-refractivity contribution in [2.45, 2.75) is 13.0 Å². The minimum absolute atomic E-state index is 0.0274. The van der Waals surface area contributed by atoms with Crippen molar-refractivity contribution in [2.24, 2.45) is 0 Å². The number of methoxy groups -OCH3 is 2. The van der Waals surface area contributed by atoms with Gasteiger partial charge in [-0.1, -0.05) is 6.07 Å². The first-order valence-corrected chi connectivity index (χ1v) is 11.4. The number of hydrogen-bond acceptors (Lipinski definition) is 7. The standard InChI is InChI=1S/C24H29N3O4S/c1-16-14-18(24(32-16)25-23(28)20-6-5-13-31-20)22(27-11-9-26(2)10-12-27)17-7-8-19(29-3)21(15-17)30-4/h5-8,13-15,22H,9-12H2,1-4H3,(H,25,28). The van der Waals surface area contributed by atoms with E-state index in [4.69, 9.17) is 13.9 Å². The maximum atomic E-state index is 12.7. The Morgan fingerprint density at radius 3 is 2.50 bits per heavy atom. The first-order valence-electron chi connectivity index (χ1n) is 10.6. The van der Waals surface area contributed by atoms with Gasteiger partial charge in [0.25, 0.3) is 5.91 Å². The number of ether oxygens (including phenoxy) is 2. The Morgan fingerprint density at radius 2 is 1.84 bits per heavy atom. The fourth-order valence-corrected chi connectivity index (χ4v) is 5.04. The Morgan fingerprint density at radius 1 is 1.09 bits per heavy atom. The van der Waals surface area contributed by atoms with Crippen LogP contribution in [0.2, 0.25) is 0 Å². The fourth-order valence-electron chi connectivity index (χ4n) is 4.10. The van der Waals surface area contributed by atoms with Crippen LogP contribution in [0.5, 0.6) is 11.5 Å². The number of thiophene rings is 1. The van der Waals surface area contributed by atoms with E-state index in [0.29, 0.717) is 17.3 Å². The van der Waals surface area contributed by atoms with Gasteiger partial charge in [-0.15, -0.1) is 11.3 Å². The molecule has 1 N–H and O–H groups in total. The third kappa shape index (κ3) is 4.67. The maximum Gasteiger partial charge on any atom is 0.291 e. The number of carbonyl (C=O) groups is 1. The number of rotatable bonds is 7. The van der Waals surface area contributed by atoms with Gasteiger partial charge in [-0.05, 0) is 49.9 Å². The van der Waals surface area contributed by atoms with Crippen molar-refractivity contribution in [2.75, 3.05) is 52.8 Å². The highest BCUT2D eigenvalue weighted by Gasteiger charge is 2.30. The number of anilines is 1. The molecule has 8 heteroatoms. The highest BCUT2D eigenvalue weighted by molar-refractivity contribution is 7.16. The second-order valence-corrected chi connectivity index (χ2v) is 9.19. The van der Waals surface area contributed by atoms with Crippen molar-refractivity contribution in [3.05, 3.63) is 64.4 Å². The first-order chi connectivity index (χ1) is 15.5. The van der Waals surface area contributed by atoms with Crippen molar-refractivity contribution in [3.63, 3.8) is 0 Å². The predicted octanol–water partition coefficient (Wildman–Crippen LogP) is 4.26. The average molecular weight is 456 g/mol. The monoisotopic (exact) mass is 455 g/mol. The molecule has 32 heavy (non-hydrogen) atoms. The summed E-state index contributed by atoms with van der Waals surface area (Å²) in [6.07, 6.45) is 1.51. The van der Waals surface area contributed by atoms with Gasteiger partial charge in [0.1, 0.15) is 5.00 Å². The minimum atomic E-state index is -0.248. The van der Waals surface area contributed by atoms with E-state index in [1.807, 2.05) is 12.1 Å². The number of aryl methyl sites for hydroxylation is 1. The predicted molar refractivity (Wildman–Crippen MR) is 126 cm³/mol. The Balaban J connectivity index is 1.75. The molecule has 1 aliphatic heterocycles. The quantitative estimate of drug-likeness (QED) is 0.574. The van der Waals surface area contributed by atoms with Crippen molar-refractivity contribution < 1.29 is 18.7 Å². The van der Waals surface area contributed by atoms with Crippen LogP contribution >= 0.6 is 11.3 Å². The Bertz CT molecular complexity index is 1060. The molecule has 0 aliphatic carbocycles. The van der Waals surface area contributed by atoms with Crippen molar-refractivity contribution in [1.82, 2.24) is 9.80 Å². The van der Waals surface area contributed by atoms with Crippen LogP contribution in [0.4, 0.5) is 5.00 Å². The number of nitrogens with one attached hydrogen (secondary N) is 1. The number of piperazine rings is 1. The van der Waals surface area contributed by atoms with Gasteiger partial charge in [0.2, 0.25) is 0 Å². The Labute approximate surface area is 192 Å². The zero-order valence-corrected chi connectivity index (χ0v) is 19.7. The van der Waals surface area contributed by atoms with E-state index in [1.165, 1.54) is 6.26 Å². The van der Waals surface area contributed by atoms with Gasteiger partial charge in [0.05, 0.1) is 26.5 Å². The van der Waals surface area contributed by atoms with E-state index in [1.54, 1.807) is 37.7 Å². The van der Waals surface area contributed by atoms with Crippen LogP contribution in [-0.2, 0) is 0 Å². The van der Waals surface area contributed by atoms with E-state index >= 15 is 0 Å². The molecule has 0 saturated carbocycles. The average Bonchev–Trinajstić information content (AvgIpc) is 3.45. The topological polar surface area (TPSA) is 67.2 Å². The number of benzene rings is 1. The summed E-state index contributed by atoms with van der Waals surface area (Å²) in [5, 5.41) is 3.91. The van der Waals surface area contributed by atoms with Crippen LogP contribution in [0.15, 0.2) is 47.1 Å².